The number of hydrogen-bond acceptors (Lipinski definition) is 4. The fourth-order valence-corrected chi connectivity index (χ4v) is 1.94. The summed E-state index contributed by atoms with van der Waals surface area (Å²) in [4.78, 5) is 10.8. The summed E-state index contributed by atoms with van der Waals surface area (Å²) in [6.45, 7) is 1.70. The van der Waals surface area contributed by atoms with Gasteiger partial charge in [0.2, 0.25) is 0 Å². The number of benzene rings is 1. The second-order valence-electron chi connectivity index (χ2n) is 3.84. The molecule has 0 radical (unpaired) electrons. The SMILES string of the molecule is C[C@H](/C=C/C(=O)NO)[C@@H](O)c1cc(I)ccc1O. The van der Waals surface area contributed by atoms with Crippen molar-refractivity contribution in [2.45, 2.75) is 13.0 Å². The number of phenols is 1. The van der Waals surface area contributed by atoms with Crippen LogP contribution in [0, 0.1) is 9.49 Å². The van der Waals surface area contributed by atoms with Crippen LogP contribution in [0.2, 0.25) is 0 Å². The highest BCUT2D eigenvalue weighted by molar-refractivity contribution is 14.1. The van der Waals surface area contributed by atoms with Crippen LogP contribution in [0.5, 0.6) is 5.75 Å². The van der Waals surface area contributed by atoms with Gasteiger partial charge in [0, 0.05) is 21.1 Å². The average Bonchev–Trinajstić information content (AvgIpc) is 2.37. The maximum Gasteiger partial charge on any atom is 0.267 e. The van der Waals surface area contributed by atoms with Crippen LogP contribution in [0.1, 0.15) is 18.6 Å². The van der Waals surface area contributed by atoms with Crippen molar-refractivity contribution in [3.8, 4) is 5.75 Å². The topological polar surface area (TPSA) is 89.8 Å². The van der Waals surface area contributed by atoms with Crippen LogP contribution in [-0.4, -0.2) is 21.3 Å². The van der Waals surface area contributed by atoms with E-state index in [-0.39, 0.29) is 11.7 Å². The quantitative estimate of drug-likeness (QED) is 0.284. The Morgan fingerprint density at radius 3 is 2.78 bits per heavy atom. The van der Waals surface area contributed by atoms with E-state index in [1.807, 2.05) is 0 Å². The molecule has 18 heavy (non-hydrogen) atoms. The first-order chi connectivity index (χ1) is 8.45. The number of phenolic OH excluding ortho intramolecular Hbond substituents is 1. The molecule has 0 aliphatic carbocycles. The summed E-state index contributed by atoms with van der Waals surface area (Å²) in [6.07, 6.45) is 1.65. The highest BCUT2D eigenvalue weighted by Crippen LogP contribution is 2.31. The van der Waals surface area contributed by atoms with Gasteiger partial charge in [0.1, 0.15) is 5.75 Å². The molecule has 0 bridgehead atoms. The normalized spacial score (nSPS) is 14.4. The Kier molecular flexibility index (Phi) is 5.57. The van der Waals surface area contributed by atoms with E-state index in [1.165, 1.54) is 17.6 Å². The van der Waals surface area contributed by atoms with Crippen LogP contribution >= 0.6 is 22.6 Å². The summed E-state index contributed by atoms with van der Waals surface area (Å²) in [7, 11) is 0. The van der Waals surface area contributed by atoms with Crippen LogP contribution in [-0.2, 0) is 4.79 Å². The molecule has 0 saturated heterocycles. The van der Waals surface area contributed by atoms with Crippen molar-refractivity contribution in [1.82, 2.24) is 5.48 Å². The number of halogens is 1. The molecule has 1 amide bonds. The lowest BCUT2D eigenvalue weighted by atomic mass is 9.96. The van der Waals surface area contributed by atoms with Gasteiger partial charge in [-0.1, -0.05) is 13.0 Å². The fraction of sp³-hybridized carbons (Fsp3) is 0.250. The van der Waals surface area contributed by atoms with Crippen molar-refractivity contribution in [3.63, 3.8) is 0 Å². The third-order valence-electron chi connectivity index (χ3n) is 2.47. The minimum atomic E-state index is -0.928. The number of nitrogens with one attached hydrogen (secondary N) is 1. The third-order valence-corrected chi connectivity index (χ3v) is 3.14. The predicted molar refractivity (Wildman–Crippen MR) is 74.0 cm³/mol. The monoisotopic (exact) mass is 363 g/mol. The second-order valence-corrected chi connectivity index (χ2v) is 5.09. The van der Waals surface area contributed by atoms with E-state index in [1.54, 1.807) is 19.1 Å². The molecule has 98 valence electrons. The molecule has 1 aromatic rings. The molecule has 0 heterocycles. The molecule has 5 nitrogen and oxygen atoms in total. The summed E-state index contributed by atoms with van der Waals surface area (Å²) >= 11 is 2.08. The van der Waals surface area contributed by atoms with Crippen molar-refractivity contribution in [2.24, 2.45) is 5.92 Å². The van der Waals surface area contributed by atoms with Gasteiger partial charge >= 0.3 is 0 Å². The number of aliphatic hydroxyl groups excluding tert-OH is 1. The van der Waals surface area contributed by atoms with Gasteiger partial charge in [-0.3, -0.25) is 10.0 Å². The summed E-state index contributed by atoms with van der Waals surface area (Å²) in [5, 5.41) is 28.1. The molecule has 6 heteroatoms. The van der Waals surface area contributed by atoms with Crippen LogP contribution in [0.3, 0.4) is 0 Å². The van der Waals surface area contributed by atoms with Crippen LogP contribution in [0.4, 0.5) is 0 Å². The molecular formula is C12H14INO4. The minimum absolute atomic E-state index is 0.00905. The zero-order chi connectivity index (χ0) is 13.7. The van der Waals surface area contributed by atoms with E-state index in [0.29, 0.717) is 5.56 Å². The van der Waals surface area contributed by atoms with Gasteiger partial charge in [0.05, 0.1) is 6.10 Å². The van der Waals surface area contributed by atoms with E-state index in [9.17, 15) is 15.0 Å². The summed E-state index contributed by atoms with van der Waals surface area (Å²) < 4.78 is 0.892. The molecule has 0 aliphatic heterocycles. The molecule has 2 atom stereocenters. The fourth-order valence-electron chi connectivity index (χ4n) is 1.43. The van der Waals surface area contributed by atoms with E-state index in [0.717, 1.165) is 9.65 Å². The van der Waals surface area contributed by atoms with E-state index in [4.69, 9.17) is 5.21 Å². The molecule has 0 spiro atoms. The van der Waals surface area contributed by atoms with Gasteiger partial charge in [-0.05, 0) is 40.8 Å². The second kappa shape index (κ2) is 6.72. The van der Waals surface area contributed by atoms with Gasteiger partial charge in [-0.2, -0.15) is 0 Å². The zero-order valence-electron chi connectivity index (χ0n) is 9.67. The third kappa shape index (κ3) is 3.97. The lowest BCUT2D eigenvalue weighted by Crippen LogP contribution is -2.16. The number of hydrogen-bond donors (Lipinski definition) is 4. The van der Waals surface area contributed by atoms with Crippen molar-refractivity contribution in [1.29, 1.82) is 0 Å². The first-order valence-electron chi connectivity index (χ1n) is 5.24. The Bertz CT molecular complexity index is 461. The van der Waals surface area contributed by atoms with Gasteiger partial charge in [0.15, 0.2) is 0 Å². The minimum Gasteiger partial charge on any atom is -0.508 e. The highest BCUT2D eigenvalue weighted by atomic mass is 127. The molecule has 0 aliphatic rings. The Morgan fingerprint density at radius 2 is 2.17 bits per heavy atom. The largest absolute Gasteiger partial charge is 0.508 e. The number of aliphatic hydroxyl groups is 1. The van der Waals surface area contributed by atoms with Gasteiger partial charge in [-0.15, -0.1) is 0 Å². The van der Waals surface area contributed by atoms with E-state index in [2.05, 4.69) is 22.6 Å². The Balaban J connectivity index is 2.86. The van der Waals surface area contributed by atoms with E-state index >= 15 is 0 Å². The number of carbonyl (C=O) groups is 1. The average molecular weight is 363 g/mol. The molecule has 0 aromatic heterocycles. The standard InChI is InChI=1S/C12H14INO4/c1-7(2-5-11(16)14-18)12(17)9-6-8(13)3-4-10(9)15/h2-7,12,15,17-18H,1H3,(H,14,16)/b5-2+/t7-,12-/m1/s1. The van der Waals surface area contributed by atoms with Crippen LogP contribution < -0.4 is 5.48 Å². The Labute approximate surface area is 118 Å². The Hall–Kier alpha value is -1.12. The smallest absolute Gasteiger partial charge is 0.267 e. The number of amides is 1. The predicted octanol–water partition coefficient (Wildman–Crippen LogP) is 1.73. The zero-order valence-corrected chi connectivity index (χ0v) is 11.8. The van der Waals surface area contributed by atoms with Crippen molar-refractivity contribution < 1.29 is 20.2 Å². The summed E-state index contributed by atoms with van der Waals surface area (Å²) in [6, 6.07) is 4.92. The molecule has 0 fully saturated rings. The molecule has 0 unspecified atom stereocenters. The first-order valence-corrected chi connectivity index (χ1v) is 6.32. The van der Waals surface area contributed by atoms with Crippen LogP contribution in [0.15, 0.2) is 30.4 Å². The molecule has 0 saturated carbocycles. The molecule has 1 aromatic carbocycles. The maximum atomic E-state index is 10.8. The summed E-state index contributed by atoms with van der Waals surface area (Å²) in [5.74, 6) is -1.04. The first kappa shape index (κ1) is 14.9. The van der Waals surface area contributed by atoms with Crippen molar-refractivity contribution >= 4 is 28.5 Å². The molecule has 1 rings (SSSR count). The molecule has 4 N–H and O–H groups in total. The number of rotatable bonds is 4. The van der Waals surface area contributed by atoms with Crippen LogP contribution in [0.25, 0.3) is 0 Å². The lowest BCUT2D eigenvalue weighted by Gasteiger charge is -2.17. The van der Waals surface area contributed by atoms with Crippen molar-refractivity contribution in [3.05, 3.63) is 39.5 Å². The molecular weight excluding hydrogens is 349 g/mol. The summed E-state index contributed by atoms with van der Waals surface area (Å²) in [5.41, 5.74) is 1.87. The van der Waals surface area contributed by atoms with E-state index < -0.39 is 12.0 Å². The number of aromatic hydroxyl groups is 1. The number of hydroxylamine groups is 1. The lowest BCUT2D eigenvalue weighted by molar-refractivity contribution is -0.124. The van der Waals surface area contributed by atoms with Gasteiger partial charge in [0.25, 0.3) is 5.91 Å². The highest BCUT2D eigenvalue weighted by Gasteiger charge is 2.18. The Morgan fingerprint density at radius 1 is 1.50 bits per heavy atom. The number of carbonyl (C=O) groups excluding carboxylic acids is 1. The van der Waals surface area contributed by atoms with Crippen molar-refractivity contribution in [2.75, 3.05) is 0 Å². The van der Waals surface area contributed by atoms with Gasteiger partial charge in [-0.25, -0.2) is 5.48 Å². The van der Waals surface area contributed by atoms with Gasteiger partial charge < -0.3 is 10.2 Å². The maximum absolute atomic E-state index is 10.8.